The first-order valence-electron chi connectivity index (χ1n) is 8.16. The van der Waals surface area contributed by atoms with E-state index in [0.29, 0.717) is 11.4 Å². The number of aryl methyl sites for hydroxylation is 2. The van der Waals surface area contributed by atoms with Gasteiger partial charge in [0, 0.05) is 11.4 Å². The number of para-hydroxylation sites is 1. The zero-order valence-corrected chi connectivity index (χ0v) is 17.5. The second kappa shape index (κ2) is 7.57. The van der Waals surface area contributed by atoms with Gasteiger partial charge < -0.3 is 4.74 Å². The lowest BCUT2D eigenvalue weighted by Gasteiger charge is -2.10. The number of aromatic nitrogens is 3. The molecule has 2 aromatic heterocycles. The van der Waals surface area contributed by atoms with Crippen molar-refractivity contribution in [2.45, 2.75) is 25.8 Å². The number of benzene rings is 1. The minimum absolute atomic E-state index is 0.0152. The predicted molar refractivity (Wildman–Crippen MR) is 106 cm³/mol. The fraction of sp³-hybridized carbons (Fsp3) is 0.235. The van der Waals surface area contributed by atoms with Crippen molar-refractivity contribution in [1.82, 2.24) is 14.6 Å². The summed E-state index contributed by atoms with van der Waals surface area (Å²) in [6, 6.07) is 6.25. The summed E-state index contributed by atoms with van der Waals surface area (Å²) in [5.41, 5.74) is 1.01. The molecule has 3 aromatic rings. The van der Waals surface area contributed by atoms with E-state index < -0.39 is 21.0 Å². The van der Waals surface area contributed by atoms with E-state index in [-0.39, 0.29) is 33.6 Å². The third-order valence-corrected chi connectivity index (χ3v) is 5.69. The van der Waals surface area contributed by atoms with Crippen LogP contribution >= 0.6 is 23.2 Å². The Morgan fingerprint density at radius 3 is 2.50 bits per heavy atom. The molecule has 0 unspecified atom stereocenters. The molecule has 0 saturated heterocycles. The summed E-state index contributed by atoms with van der Waals surface area (Å²) in [5.74, 6) is -0.847. The van der Waals surface area contributed by atoms with E-state index >= 15 is 0 Å². The molecule has 0 aliphatic heterocycles. The molecule has 0 spiro atoms. The average Bonchev–Trinajstić information content (AvgIpc) is 2.99. The van der Waals surface area contributed by atoms with Gasteiger partial charge in [0.1, 0.15) is 5.56 Å². The Morgan fingerprint density at radius 1 is 1.25 bits per heavy atom. The van der Waals surface area contributed by atoms with E-state index in [0.717, 1.165) is 0 Å². The van der Waals surface area contributed by atoms with E-state index in [1.165, 1.54) is 16.6 Å². The van der Waals surface area contributed by atoms with Crippen LogP contribution in [0.2, 0.25) is 10.0 Å². The Morgan fingerprint density at radius 2 is 1.89 bits per heavy atom. The van der Waals surface area contributed by atoms with E-state index in [1.807, 2.05) is 0 Å². The molecule has 0 atom stereocenters. The van der Waals surface area contributed by atoms with Gasteiger partial charge >= 0.3 is 5.97 Å². The molecule has 1 aromatic carbocycles. The maximum Gasteiger partial charge on any atom is 0.345 e. The summed E-state index contributed by atoms with van der Waals surface area (Å²) in [6.45, 7) is 5.12. The number of anilines is 1. The molecule has 8 nitrogen and oxygen atoms in total. The second-order valence-corrected chi connectivity index (χ2v) is 8.29. The van der Waals surface area contributed by atoms with Crippen LogP contribution in [0.5, 0.6) is 0 Å². The van der Waals surface area contributed by atoms with Gasteiger partial charge in [0.05, 0.1) is 22.3 Å². The van der Waals surface area contributed by atoms with Gasteiger partial charge in [-0.2, -0.15) is 13.5 Å². The number of rotatable bonds is 5. The van der Waals surface area contributed by atoms with Crippen molar-refractivity contribution in [2.24, 2.45) is 0 Å². The lowest BCUT2D eigenvalue weighted by molar-refractivity contribution is 0.0524. The minimum Gasteiger partial charge on any atom is -0.462 e. The molecule has 28 heavy (non-hydrogen) atoms. The maximum atomic E-state index is 13.1. The molecule has 11 heteroatoms. The lowest BCUT2D eigenvalue weighted by atomic mass is 10.3. The molecule has 0 bridgehead atoms. The number of nitrogens with one attached hydrogen (secondary N) is 1. The second-order valence-electron chi connectivity index (χ2n) is 5.88. The fourth-order valence-electron chi connectivity index (χ4n) is 2.65. The third-order valence-electron chi connectivity index (χ3n) is 3.80. The Hall–Kier alpha value is -2.36. The number of nitrogens with zero attached hydrogens (tertiary/aromatic N) is 3. The van der Waals surface area contributed by atoms with Crippen LogP contribution in [0.25, 0.3) is 5.65 Å². The van der Waals surface area contributed by atoms with Crippen LogP contribution < -0.4 is 4.72 Å². The van der Waals surface area contributed by atoms with Gasteiger partial charge in [0.25, 0.3) is 10.0 Å². The number of hydrogen-bond donors (Lipinski definition) is 1. The van der Waals surface area contributed by atoms with Crippen LogP contribution in [0.4, 0.5) is 5.69 Å². The fourth-order valence-corrected chi connectivity index (χ4v) is 4.47. The average molecular weight is 443 g/mol. The van der Waals surface area contributed by atoms with Gasteiger partial charge in [0.2, 0.25) is 5.03 Å². The normalized spacial score (nSPS) is 11.6. The van der Waals surface area contributed by atoms with Gasteiger partial charge in [0.15, 0.2) is 5.65 Å². The zero-order chi connectivity index (χ0) is 20.6. The van der Waals surface area contributed by atoms with E-state index in [4.69, 9.17) is 27.9 Å². The van der Waals surface area contributed by atoms with Crippen molar-refractivity contribution in [3.8, 4) is 0 Å². The number of sulfonamides is 1. The van der Waals surface area contributed by atoms with Gasteiger partial charge in [-0.25, -0.2) is 14.3 Å². The van der Waals surface area contributed by atoms with Crippen molar-refractivity contribution in [2.75, 3.05) is 11.3 Å². The highest BCUT2D eigenvalue weighted by Crippen LogP contribution is 2.32. The first kappa shape index (κ1) is 20.4. The van der Waals surface area contributed by atoms with Crippen LogP contribution in [0.3, 0.4) is 0 Å². The Kier molecular flexibility index (Phi) is 5.51. The summed E-state index contributed by atoms with van der Waals surface area (Å²) in [5, 5.41) is 3.78. The minimum atomic E-state index is -4.34. The summed E-state index contributed by atoms with van der Waals surface area (Å²) in [7, 11) is -4.34. The molecule has 3 rings (SSSR count). The van der Waals surface area contributed by atoms with E-state index in [9.17, 15) is 13.2 Å². The number of fused-ring (bicyclic) bond motifs is 1. The molecular weight excluding hydrogens is 427 g/mol. The number of ether oxygens (including phenoxy) is 1. The monoisotopic (exact) mass is 442 g/mol. The van der Waals surface area contributed by atoms with Gasteiger partial charge in [-0.3, -0.25) is 4.72 Å². The van der Waals surface area contributed by atoms with Crippen LogP contribution in [0, 0.1) is 13.8 Å². The molecule has 0 aliphatic carbocycles. The summed E-state index contributed by atoms with van der Waals surface area (Å²) in [4.78, 5) is 16.8. The van der Waals surface area contributed by atoms with Gasteiger partial charge in [-0.05, 0) is 39.0 Å². The maximum absolute atomic E-state index is 13.1. The number of carbonyl (C=O) groups is 1. The Labute approximate surface area is 171 Å². The first-order valence-corrected chi connectivity index (χ1v) is 10.4. The SMILES string of the molecule is CCOC(=O)c1c(S(=O)(=O)Nc2c(Cl)cccc2Cl)nn2c(C)cc(C)nc12. The summed E-state index contributed by atoms with van der Waals surface area (Å²) in [6.07, 6.45) is 0. The van der Waals surface area contributed by atoms with Crippen LogP contribution in [-0.4, -0.2) is 35.6 Å². The molecule has 0 aliphatic rings. The van der Waals surface area contributed by atoms with Crippen molar-refractivity contribution in [3.05, 3.63) is 51.3 Å². The molecule has 0 saturated carbocycles. The Bertz CT molecular complexity index is 1170. The third kappa shape index (κ3) is 3.65. The van der Waals surface area contributed by atoms with E-state index in [1.54, 1.807) is 32.9 Å². The molecule has 0 fully saturated rings. The highest BCUT2D eigenvalue weighted by Gasteiger charge is 2.32. The molecule has 2 heterocycles. The quantitative estimate of drug-likeness (QED) is 0.605. The predicted octanol–water partition coefficient (Wildman–Crippen LogP) is 3.63. The van der Waals surface area contributed by atoms with Gasteiger partial charge in [-0.15, -0.1) is 0 Å². The molecule has 1 N–H and O–H groups in total. The molecule has 0 amide bonds. The molecule has 0 radical (unpaired) electrons. The van der Waals surface area contributed by atoms with Crippen LogP contribution in [0.1, 0.15) is 28.7 Å². The van der Waals surface area contributed by atoms with Crippen molar-refractivity contribution in [1.29, 1.82) is 0 Å². The lowest BCUT2D eigenvalue weighted by Crippen LogP contribution is -2.18. The number of hydrogen-bond acceptors (Lipinski definition) is 6. The smallest absolute Gasteiger partial charge is 0.345 e. The Balaban J connectivity index is 2.25. The number of esters is 1. The van der Waals surface area contributed by atoms with Crippen LogP contribution in [0.15, 0.2) is 29.3 Å². The largest absolute Gasteiger partial charge is 0.462 e. The standard InChI is InChI=1S/C17H16Cl2N4O4S/c1-4-27-17(24)13-15-20-9(2)8-10(3)23(15)21-16(13)28(25,26)22-14-11(18)6-5-7-12(14)19/h5-8,22H,4H2,1-3H3. The van der Waals surface area contributed by atoms with Gasteiger partial charge in [-0.1, -0.05) is 29.3 Å². The van der Waals surface area contributed by atoms with Crippen molar-refractivity contribution >= 4 is 50.5 Å². The van der Waals surface area contributed by atoms with E-state index in [2.05, 4.69) is 14.8 Å². The zero-order valence-electron chi connectivity index (χ0n) is 15.2. The topological polar surface area (TPSA) is 103 Å². The van der Waals surface area contributed by atoms with Crippen molar-refractivity contribution < 1.29 is 17.9 Å². The first-order chi connectivity index (χ1) is 13.2. The van der Waals surface area contributed by atoms with Crippen molar-refractivity contribution in [3.63, 3.8) is 0 Å². The van der Waals surface area contributed by atoms with Crippen LogP contribution in [-0.2, 0) is 14.8 Å². The number of halogens is 2. The summed E-state index contributed by atoms with van der Waals surface area (Å²) < 4.78 is 34.7. The molecular formula is C17H16Cl2N4O4S. The highest BCUT2D eigenvalue weighted by atomic mass is 35.5. The highest BCUT2D eigenvalue weighted by molar-refractivity contribution is 7.92. The summed E-state index contributed by atoms with van der Waals surface area (Å²) >= 11 is 12.1. The number of carbonyl (C=O) groups excluding carboxylic acids is 1. The molecule has 148 valence electrons.